The lowest BCUT2D eigenvalue weighted by Crippen LogP contribution is -2.40. The maximum absolute atomic E-state index is 4.34. The average Bonchev–Trinajstić information content (AvgIpc) is 2.65. The summed E-state index contributed by atoms with van der Waals surface area (Å²) in [5.74, 6) is 1.15. The van der Waals surface area contributed by atoms with Crippen LogP contribution in [0.1, 0.15) is 23.5 Å². The SMILES string of the molecule is CN=C(NCCCN(C)C)NCC(c1ccccc1)c1ccccc1.I. The van der Waals surface area contributed by atoms with Crippen molar-refractivity contribution in [2.75, 3.05) is 40.8 Å². The Morgan fingerprint density at radius 1 is 0.923 bits per heavy atom. The third kappa shape index (κ3) is 7.74. The maximum Gasteiger partial charge on any atom is 0.191 e. The molecule has 0 spiro atoms. The fourth-order valence-corrected chi connectivity index (χ4v) is 2.82. The molecular weight excluding hydrogens is 435 g/mol. The van der Waals surface area contributed by atoms with Crippen molar-refractivity contribution in [1.29, 1.82) is 0 Å². The minimum atomic E-state index is 0. The van der Waals surface area contributed by atoms with Crippen LogP contribution < -0.4 is 10.6 Å². The van der Waals surface area contributed by atoms with E-state index in [0.717, 1.165) is 32.0 Å². The zero-order chi connectivity index (χ0) is 17.9. The Bertz CT molecular complexity index is 589. The van der Waals surface area contributed by atoms with Crippen molar-refractivity contribution in [3.63, 3.8) is 0 Å². The molecule has 0 atom stereocenters. The molecule has 0 aliphatic rings. The molecule has 0 bridgehead atoms. The summed E-state index contributed by atoms with van der Waals surface area (Å²) in [5, 5.41) is 6.88. The number of aliphatic imine (C=N–C) groups is 1. The van der Waals surface area contributed by atoms with E-state index in [-0.39, 0.29) is 24.0 Å². The van der Waals surface area contributed by atoms with Gasteiger partial charge in [0.2, 0.25) is 0 Å². The normalized spacial score (nSPS) is 11.3. The van der Waals surface area contributed by atoms with Gasteiger partial charge in [-0.05, 0) is 38.2 Å². The van der Waals surface area contributed by atoms with E-state index in [1.807, 2.05) is 7.05 Å². The van der Waals surface area contributed by atoms with E-state index in [9.17, 15) is 0 Å². The molecule has 0 heterocycles. The van der Waals surface area contributed by atoms with Crippen LogP contribution in [0.25, 0.3) is 0 Å². The number of benzene rings is 2. The summed E-state index contributed by atoms with van der Waals surface area (Å²) in [4.78, 5) is 6.54. The van der Waals surface area contributed by atoms with Crippen molar-refractivity contribution in [2.24, 2.45) is 4.99 Å². The van der Waals surface area contributed by atoms with Crippen LogP contribution in [-0.4, -0.2) is 51.6 Å². The third-order valence-corrected chi connectivity index (χ3v) is 4.18. The molecule has 0 amide bonds. The van der Waals surface area contributed by atoms with Crippen LogP contribution >= 0.6 is 24.0 Å². The van der Waals surface area contributed by atoms with Gasteiger partial charge in [-0.15, -0.1) is 24.0 Å². The fraction of sp³-hybridized carbons (Fsp3) is 0.381. The van der Waals surface area contributed by atoms with Crippen LogP contribution in [0.3, 0.4) is 0 Å². The molecule has 0 radical (unpaired) electrons. The summed E-state index contributed by atoms with van der Waals surface area (Å²) in [6, 6.07) is 21.3. The minimum Gasteiger partial charge on any atom is -0.356 e. The van der Waals surface area contributed by atoms with Gasteiger partial charge in [0.25, 0.3) is 0 Å². The van der Waals surface area contributed by atoms with Crippen LogP contribution in [0.15, 0.2) is 65.7 Å². The van der Waals surface area contributed by atoms with E-state index in [2.05, 4.69) is 95.3 Å². The van der Waals surface area contributed by atoms with Crippen molar-refractivity contribution in [3.05, 3.63) is 71.8 Å². The quantitative estimate of drug-likeness (QED) is 0.271. The number of hydrogen-bond acceptors (Lipinski definition) is 2. The van der Waals surface area contributed by atoms with Crippen LogP contribution in [0.4, 0.5) is 0 Å². The van der Waals surface area contributed by atoms with Gasteiger partial charge in [0, 0.05) is 26.1 Å². The summed E-state index contributed by atoms with van der Waals surface area (Å²) in [6.45, 7) is 2.79. The summed E-state index contributed by atoms with van der Waals surface area (Å²) in [7, 11) is 6.01. The number of guanidine groups is 1. The topological polar surface area (TPSA) is 39.7 Å². The van der Waals surface area contributed by atoms with E-state index < -0.39 is 0 Å². The van der Waals surface area contributed by atoms with Gasteiger partial charge in [-0.3, -0.25) is 4.99 Å². The molecule has 142 valence electrons. The highest BCUT2D eigenvalue weighted by Gasteiger charge is 2.14. The highest BCUT2D eigenvalue weighted by Crippen LogP contribution is 2.23. The Morgan fingerprint density at radius 3 is 1.92 bits per heavy atom. The van der Waals surface area contributed by atoms with Gasteiger partial charge < -0.3 is 15.5 Å². The first-order valence-corrected chi connectivity index (χ1v) is 8.90. The van der Waals surface area contributed by atoms with Crippen molar-refractivity contribution >= 4 is 29.9 Å². The summed E-state index contributed by atoms with van der Waals surface area (Å²) in [5.41, 5.74) is 2.62. The van der Waals surface area contributed by atoms with Crippen LogP contribution in [0, 0.1) is 0 Å². The number of hydrogen-bond donors (Lipinski definition) is 2. The summed E-state index contributed by atoms with van der Waals surface area (Å²) < 4.78 is 0. The lowest BCUT2D eigenvalue weighted by molar-refractivity contribution is 0.399. The predicted molar refractivity (Wildman–Crippen MR) is 123 cm³/mol. The Hall–Kier alpha value is -1.60. The Morgan fingerprint density at radius 2 is 1.46 bits per heavy atom. The molecule has 0 saturated heterocycles. The molecular formula is C21H31IN4. The summed E-state index contributed by atoms with van der Waals surface area (Å²) in [6.07, 6.45) is 1.09. The molecule has 26 heavy (non-hydrogen) atoms. The molecule has 5 heteroatoms. The van der Waals surface area contributed by atoms with Crippen LogP contribution in [0.2, 0.25) is 0 Å². The van der Waals surface area contributed by atoms with E-state index in [1.165, 1.54) is 11.1 Å². The van der Waals surface area contributed by atoms with E-state index >= 15 is 0 Å². The molecule has 2 aromatic rings. The van der Waals surface area contributed by atoms with Gasteiger partial charge in [0.05, 0.1) is 0 Å². The molecule has 2 rings (SSSR count). The average molecular weight is 466 g/mol. The third-order valence-electron chi connectivity index (χ3n) is 4.18. The molecule has 2 N–H and O–H groups in total. The Kier molecular flexibility index (Phi) is 11.0. The zero-order valence-corrected chi connectivity index (χ0v) is 18.3. The van der Waals surface area contributed by atoms with Gasteiger partial charge in [0.1, 0.15) is 0 Å². The van der Waals surface area contributed by atoms with Crippen LogP contribution in [0.5, 0.6) is 0 Å². The van der Waals surface area contributed by atoms with Gasteiger partial charge >= 0.3 is 0 Å². The second-order valence-electron chi connectivity index (χ2n) is 6.41. The number of rotatable bonds is 8. The Labute approximate surface area is 175 Å². The smallest absolute Gasteiger partial charge is 0.191 e. The molecule has 0 saturated carbocycles. The van der Waals surface area contributed by atoms with Gasteiger partial charge in [0.15, 0.2) is 5.96 Å². The van der Waals surface area contributed by atoms with Gasteiger partial charge in [-0.1, -0.05) is 60.7 Å². The zero-order valence-electron chi connectivity index (χ0n) is 16.0. The molecule has 4 nitrogen and oxygen atoms in total. The maximum atomic E-state index is 4.34. The van der Waals surface area contributed by atoms with Crippen LogP contribution in [-0.2, 0) is 0 Å². The predicted octanol–water partition coefficient (Wildman–Crippen LogP) is 3.55. The standard InChI is InChI=1S/C21H30N4.HI/c1-22-21(23-15-10-16-25(2)3)24-17-20(18-11-6-4-7-12-18)19-13-8-5-9-14-19;/h4-9,11-14,20H,10,15-17H2,1-3H3,(H2,22,23,24);1H. The monoisotopic (exact) mass is 466 g/mol. The molecule has 0 aliphatic carbocycles. The first-order valence-electron chi connectivity index (χ1n) is 8.90. The summed E-state index contributed by atoms with van der Waals surface area (Å²) >= 11 is 0. The second-order valence-corrected chi connectivity index (χ2v) is 6.41. The van der Waals surface area contributed by atoms with E-state index in [0.29, 0.717) is 5.92 Å². The largest absolute Gasteiger partial charge is 0.356 e. The molecule has 2 aromatic carbocycles. The first-order chi connectivity index (χ1) is 12.2. The van der Waals surface area contributed by atoms with Crippen molar-refractivity contribution < 1.29 is 0 Å². The van der Waals surface area contributed by atoms with Crippen molar-refractivity contribution in [1.82, 2.24) is 15.5 Å². The molecule has 0 aliphatic heterocycles. The van der Waals surface area contributed by atoms with Crippen molar-refractivity contribution in [3.8, 4) is 0 Å². The number of nitrogens with zero attached hydrogens (tertiary/aromatic N) is 2. The number of halogens is 1. The minimum absolute atomic E-state index is 0. The highest BCUT2D eigenvalue weighted by molar-refractivity contribution is 14.0. The van der Waals surface area contributed by atoms with Gasteiger partial charge in [-0.25, -0.2) is 0 Å². The Balaban J connectivity index is 0.00000338. The lowest BCUT2D eigenvalue weighted by Gasteiger charge is -2.21. The molecule has 0 aromatic heterocycles. The van der Waals surface area contributed by atoms with E-state index in [1.54, 1.807) is 0 Å². The van der Waals surface area contributed by atoms with E-state index in [4.69, 9.17) is 0 Å². The van der Waals surface area contributed by atoms with Crippen molar-refractivity contribution in [2.45, 2.75) is 12.3 Å². The second kappa shape index (κ2) is 12.7. The van der Waals surface area contributed by atoms with Gasteiger partial charge in [-0.2, -0.15) is 0 Å². The first kappa shape index (κ1) is 22.4. The highest BCUT2D eigenvalue weighted by atomic mass is 127. The fourth-order valence-electron chi connectivity index (χ4n) is 2.82. The lowest BCUT2D eigenvalue weighted by atomic mass is 9.91. The number of nitrogens with one attached hydrogen (secondary N) is 2. The molecule has 0 fully saturated rings. The molecule has 0 unspecified atom stereocenters.